The summed E-state index contributed by atoms with van der Waals surface area (Å²) in [5.41, 5.74) is 0. The normalized spacial score (nSPS) is 23.3. The fourth-order valence-electron chi connectivity index (χ4n) is 1.85. The molecule has 0 aromatic rings. The number of carbonyl (C=O) groups is 1. The second-order valence-corrected chi connectivity index (χ2v) is 4.67. The Balaban J connectivity index is 2.39. The maximum Gasteiger partial charge on any atom is 0.240 e. The maximum absolute atomic E-state index is 11.5. The van der Waals surface area contributed by atoms with Crippen molar-refractivity contribution in [1.82, 2.24) is 4.90 Å². The number of likely N-dealkylation sites (tertiary alicyclic amines) is 1. The number of aliphatic hydroxyl groups excluding tert-OH is 1. The van der Waals surface area contributed by atoms with Crippen LogP contribution in [0.15, 0.2) is 0 Å². The lowest BCUT2D eigenvalue weighted by molar-refractivity contribution is -0.132. The number of amides is 1. The fraction of sp³-hybridized carbons (Fsp3) is 0.900. The SMILES string of the molecule is C[C@H](Cl)C(=O)N1CCC([C@@H](C)O)CC1. The van der Waals surface area contributed by atoms with Crippen molar-refractivity contribution in [1.29, 1.82) is 0 Å². The van der Waals surface area contributed by atoms with E-state index >= 15 is 0 Å². The number of hydrogen-bond donors (Lipinski definition) is 1. The van der Waals surface area contributed by atoms with Crippen LogP contribution >= 0.6 is 11.6 Å². The molecule has 82 valence electrons. The maximum atomic E-state index is 11.5. The summed E-state index contributed by atoms with van der Waals surface area (Å²) in [6.45, 7) is 4.97. The van der Waals surface area contributed by atoms with Crippen LogP contribution in [0.4, 0.5) is 0 Å². The molecule has 1 aliphatic heterocycles. The van der Waals surface area contributed by atoms with Crippen molar-refractivity contribution in [3.05, 3.63) is 0 Å². The quantitative estimate of drug-likeness (QED) is 0.710. The molecule has 0 unspecified atom stereocenters. The van der Waals surface area contributed by atoms with Crippen LogP contribution in [-0.2, 0) is 4.79 Å². The van der Waals surface area contributed by atoms with Crippen molar-refractivity contribution in [2.45, 2.75) is 38.2 Å². The highest BCUT2D eigenvalue weighted by Crippen LogP contribution is 2.21. The van der Waals surface area contributed by atoms with Gasteiger partial charge in [0.2, 0.25) is 5.91 Å². The van der Waals surface area contributed by atoms with E-state index in [4.69, 9.17) is 11.6 Å². The van der Waals surface area contributed by atoms with E-state index in [-0.39, 0.29) is 12.0 Å². The van der Waals surface area contributed by atoms with Gasteiger partial charge < -0.3 is 10.0 Å². The van der Waals surface area contributed by atoms with Gasteiger partial charge in [-0.05, 0) is 32.6 Å². The summed E-state index contributed by atoms with van der Waals surface area (Å²) in [6, 6.07) is 0. The third kappa shape index (κ3) is 2.85. The first-order valence-electron chi connectivity index (χ1n) is 5.13. The number of piperidine rings is 1. The summed E-state index contributed by atoms with van der Waals surface area (Å²) in [7, 11) is 0. The van der Waals surface area contributed by atoms with Crippen molar-refractivity contribution in [2.24, 2.45) is 5.92 Å². The molecule has 14 heavy (non-hydrogen) atoms. The number of aliphatic hydroxyl groups is 1. The molecule has 2 atom stereocenters. The Morgan fingerprint density at radius 1 is 1.43 bits per heavy atom. The monoisotopic (exact) mass is 219 g/mol. The molecule has 0 radical (unpaired) electrons. The van der Waals surface area contributed by atoms with Gasteiger partial charge in [0.05, 0.1) is 6.10 Å². The molecule has 0 aliphatic carbocycles. The van der Waals surface area contributed by atoms with E-state index in [2.05, 4.69) is 0 Å². The third-order valence-corrected chi connectivity index (χ3v) is 3.06. The number of alkyl halides is 1. The van der Waals surface area contributed by atoms with Crippen LogP contribution in [0, 0.1) is 5.92 Å². The number of nitrogens with zero attached hydrogens (tertiary/aromatic N) is 1. The molecule has 1 saturated heterocycles. The number of rotatable bonds is 2. The van der Waals surface area contributed by atoms with E-state index in [0.717, 1.165) is 25.9 Å². The lowest BCUT2D eigenvalue weighted by Gasteiger charge is -2.33. The highest BCUT2D eigenvalue weighted by atomic mass is 35.5. The highest BCUT2D eigenvalue weighted by Gasteiger charge is 2.26. The summed E-state index contributed by atoms with van der Waals surface area (Å²) in [6.07, 6.45) is 1.50. The predicted octanol–water partition coefficient (Wildman–Crippen LogP) is 1.23. The molecule has 1 rings (SSSR count). The second kappa shape index (κ2) is 4.99. The zero-order valence-corrected chi connectivity index (χ0v) is 9.50. The number of carbonyl (C=O) groups excluding carboxylic acids is 1. The Morgan fingerprint density at radius 2 is 1.93 bits per heavy atom. The van der Waals surface area contributed by atoms with Gasteiger partial charge in [-0.25, -0.2) is 0 Å². The van der Waals surface area contributed by atoms with Crippen LogP contribution in [0.3, 0.4) is 0 Å². The Labute approximate surface area is 90.0 Å². The van der Waals surface area contributed by atoms with Gasteiger partial charge in [-0.3, -0.25) is 4.79 Å². The molecule has 0 aromatic heterocycles. The molecule has 0 saturated carbocycles. The molecular weight excluding hydrogens is 202 g/mol. The molecule has 1 fully saturated rings. The standard InChI is InChI=1S/C10H18ClNO2/c1-7(11)10(14)12-5-3-9(4-6-12)8(2)13/h7-9,13H,3-6H2,1-2H3/t7-,8+/m0/s1. The van der Waals surface area contributed by atoms with Gasteiger partial charge in [-0.15, -0.1) is 11.6 Å². The molecule has 0 bridgehead atoms. The molecule has 4 heteroatoms. The van der Waals surface area contributed by atoms with Crippen LogP contribution in [0.5, 0.6) is 0 Å². The first kappa shape index (κ1) is 11.8. The van der Waals surface area contributed by atoms with Gasteiger partial charge in [-0.2, -0.15) is 0 Å². The van der Waals surface area contributed by atoms with Crippen LogP contribution in [0.1, 0.15) is 26.7 Å². The molecular formula is C10H18ClNO2. The highest BCUT2D eigenvalue weighted by molar-refractivity contribution is 6.30. The van der Waals surface area contributed by atoms with Crippen molar-refractivity contribution < 1.29 is 9.90 Å². The van der Waals surface area contributed by atoms with Crippen LogP contribution < -0.4 is 0 Å². The van der Waals surface area contributed by atoms with E-state index < -0.39 is 5.38 Å². The van der Waals surface area contributed by atoms with Crippen molar-refractivity contribution in [2.75, 3.05) is 13.1 Å². The average Bonchev–Trinajstić information content (AvgIpc) is 2.16. The first-order chi connectivity index (χ1) is 6.52. The van der Waals surface area contributed by atoms with E-state index in [1.807, 2.05) is 6.92 Å². The van der Waals surface area contributed by atoms with Gasteiger partial charge >= 0.3 is 0 Å². The van der Waals surface area contributed by atoms with Crippen molar-refractivity contribution in [3.63, 3.8) is 0 Å². The Hall–Kier alpha value is -0.280. The number of halogens is 1. The van der Waals surface area contributed by atoms with E-state index in [1.54, 1.807) is 11.8 Å². The topological polar surface area (TPSA) is 40.5 Å². The summed E-state index contributed by atoms with van der Waals surface area (Å²) in [5.74, 6) is 0.348. The second-order valence-electron chi connectivity index (χ2n) is 4.02. The third-order valence-electron chi connectivity index (χ3n) is 2.87. The lowest BCUT2D eigenvalue weighted by atomic mass is 9.92. The van der Waals surface area contributed by atoms with Crippen LogP contribution in [-0.4, -0.2) is 40.5 Å². The smallest absolute Gasteiger partial charge is 0.240 e. The van der Waals surface area contributed by atoms with E-state index in [1.165, 1.54) is 0 Å². The molecule has 3 nitrogen and oxygen atoms in total. The van der Waals surface area contributed by atoms with Gasteiger partial charge in [-0.1, -0.05) is 0 Å². The lowest BCUT2D eigenvalue weighted by Crippen LogP contribution is -2.43. The zero-order chi connectivity index (χ0) is 10.7. The molecule has 0 spiro atoms. The van der Waals surface area contributed by atoms with Gasteiger partial charge in [0.25, 0.3) is 0 Å². The van der Waals surface area contributed by atoms with E-state index in [0.29, 0.717) is 5.92 Å². The predicted molar refractivity (Wildman–Crippen MR) is 56.3 cm³/mol. The summed E-state index contributed by atoms with van der Waals surface area (Å²) in [4.78, 5) is 13.3. The van der Waals surface area contributed by atoms with Crippen LogP contribution in [0.2, 0.25) is 0 Å². The van der Waals surface area contributed by atoms with Gasteiger partial charge in [0, 0.05) is 13.1 Å². The fourth-order valence-corrected chi connectivity index (χ4v) is 1.99. The Kier molecular flexibility index (Phi) is 4.20. The molecule has 1 N–H and O–H groups in total. The van der Waals surface area contributed by atoms with Gasteiger partial charge in [0.15, 0.2) is 0 Å². The van der Waals surface area contributed by atoms with Crippen LogP contribution in [0.25, 0.3) is 0 Å². The van der Waals surface area contributed by atoms with Crippen molar-refractivity contribution in [3.8, 4) is 0 Å². The first-order valence-corrected chi connectivity index (χ1v) is 5.57. The molecule has 1 aliphatic rings. The van der Waals surface area contributed by atoms with E-state index in [9.17, 15) is 9.90 Å². The van der Waals surface area contributed by atoms with Gasteiger partial charge in [0.1, 0.15) is 5.38 Å². The minimum Gasteiger partial charge on any atom is -0.393 e. The summed E-state index contributed by atoms with van der Waals surface area (Å²) in [5, 5.41) is 8.95. The molecule has 0 aromatic carbocycles. The van der Waals surface area contributed by atoms with Crippen molar-refractivity contribution >= 4 is 17.5 Å². The minimum atomic E-state index is -0.432. The average molecular weight is 220 g/mol. The molecule has 1 heterocycles. The number of hydrogen-bond acceptors (Lipinski definition) is 2. The summed E-state index contributed by atoms with van der Waals surface area (Å²) >= 11 is 5.72. The minimum absolute atomic E-state index is 0.00992. The molecule has 1 amide bonds. The summed E-state index contributed by atoms with van der Waals surface area (Å²) < 4.78 is 0. The Bertz CT molecular complexity index is 198. The Morgan fingerprint density at radius 3 is 2.29 bits per heavy atom. The zero-order valence-electron chi connectivity index (χ0n) is 8.74. The largest absolute Gasteiger partial charge is 0.393 e.